The Hall–Kier alpha value is -2.50. The minimum atomic E-state index is -1.08. The number of hydrogen-bond acceptors (Lipinski definition) is 3. The zero-order valence-electron chi connectivity index (χ0n) is 11.5. The zero-order chi connectivity index (χ0) is 14.4. The van der Waals surface area contributed by atoms with Crippen LogP contribution in [0.5, 0.6) is 0 Å². The van der Waals surface area contributed by atoms with Crippen LogP contribution in [-0.2, 0) is 0 Å². The molecule has 0 aliphatic carbocycles. The topological polar surface area (TPSA) is 48.5 Å². The lowest BCUT2D eigenvalue weighted by atomic mass is 10.0. The molecular weight excluding hydrogens is 269 g/mol. The second-order valence-electron chi connectivity index (χ2n) is 5.19. The highest BCUT2D eigenvalue weighted by atomic mass is 19.1. The Kier molecular flexibility index (Phi) is 2.63. The van der Waals surface area contributed by atoms with E-state index in [4.69, 9.17) is 0 Å². The molecule has 21 heavy (non-hydrogen) atoms. The van der Waals surface area contributed by atoms with Crippen molar-refractivity contribution in [2.24, 2.45) is 0 Å². The van der Waals surface area contributed by atoms with Crippen molar-refractivity contribution in [3.63, 3.8) is 0 Å². The molecule has 1 unspecified atom stereocenters. The lowest BCUT2D eigenvalue weighted by Crippen LogP contribution is -2.08. The summed E-state index contributed by atoms with van der Waals surface area (Å²) < 4.78 is 17.7. The van der Waals surface area contributed by atoms with Crippen molar-refractivity contribution in [2.75, 3.05) is 0 Å². The van der Waals surface area contributed by atoms with E-state index in [0.29, 0.717) is 18.2 Å². The van der Waals surface area contributed by atoms with Crippen LogP contribution in [0, 0.1) is 6.92 Å². The van der Waals surface area contributed by atoms with E-state index >= 15 is 0 Å². The molecule has 0 fully saturated rings. The van der Waals surface area contributed by atoms with Crippen LogP contribution in [0.3, 0.4) is 0 Å². The van der Waals surface area contributed by atoms with Gasteiger partial charge in [-0.25, -0.2) is 14.1 Å². The standard InChI is InChI=1S/C15H14FN5/c1-10-17-7-8-20(10)15-18-14-12(16)9-13(21(14)19-15)11-5-3-2-4-6-11/h2-8,12-13H,9H2,1H3/t12?,13-/m0/s1. The van der Waals surface area contributed by atoms with Gasteiger partial charge in [0.2, 0.25) is 0 Å². The smallest absolute Gasteiger partial charge is 0.254 e. The molecule has 2 atom stereocenters. The second-order valence-corrected chi connectivity index (χ2v) is 5.19. The Labute approximate surface area is 121 Å². The molecule has 0 spiro atoms. The third-order valence-electron chi connectivity index (χ3n) is 3.88. The lowest BCUT2D eigenvalue weighted by Gasteiger charge is -2.11. The van der Waals surface area contributed by atoms with Crippen molar-refractivity contribution in [2.45, 2.75) is 25.6 Å². The Bertz CT molecular complexity index is 776. The quantitative estimate of drug-likeness (QED) is 0.726. The number of alkyl halides is 1. The van der Waals surface area contributed by atoms with Crippen molar-refractivity contribution >= 4 is 0 Å². The van der Waals surface area contributed by atoms with Gasteiger partial charge in [-0.15, -0.1) is 5.10 Å². The molecule has 106 valence electrons. The molecule has 3 aromatic rings. The fourth-order valence-corrected chi connectivity index (χ4v) is 2.81. The Morgan fingerprint density at radius 1 is 1.24 bits per heavy atom. The van der Waals surface area contributed by atoms with Crippen molar-refractivity contribution in [1.82, 2.24) is 24.3 Å². The van der Waals surface area contributed by atoms with E-state index in [1.165, 1.54) is 0 Å². The summed E-state index contributed by atoms with van der Waals surface area (Å²) in [5.41, 5.74) is 1.05. The van der Waals surface area contributed by atoms with E-state index < -0.39 is 6.17 Å². The molecule has 4 rings (SSSR count). The molecule has 0 N–H and O–H groups in total. The number of fused-ring (bicyclic) bond motifs is 1. The third kappa shape index (κ3) is 1.86. The first kappa shape index (κ1) is 12.3. The zero-order valence-corrected chi connectivity index (χ0v) is 11.5. The SMILES string of the molecule is Cc1nccn1-c1nc2n(n1)[C@H](c1ccccc1)CC2F. The van der Waals surface area contributed by atoms with Crippen LogP contribution in [0.25, 0.3) is 5.95 Å². The number of nitrogens with zero attached hydrogens (tertiary/aromatic N) is 5. The van der Waals surface area contributed by atoms with E-state index in [-0.39, 0.29) is 6.04 Å². The number of benzene rings is 1. The summed E-state index contributed by atoms with van der Waals surface area (Å²) in [4.78, 5) is 8.50. The fourth-order valence-electron chi connectivity index (χ4n) is 2.81. The third-order valence-corrected chi connectivity index (χ3v) is 3.88. The molecular formula is C15H14FN5. The maximum Gasteiger partial charge on any atom is 0.254 e. The van der Waals surface area contributed by atoms with Crippen molar-refractivity contribution < 1.29 is 4.39 Å². The van der Waals surface area contributed by atoms with Gasteiger partial charge in [-0.05, 0) is 12.5 Å². The van der Waals surface area contributed by atoms with Gasteiger partial charge in [-0.3, -0.25) is 4.57 Å². The molecule has 0 bridgehead atoms. The van der Waals surface area contributed by atoms with Crippen LogP contribution in [-0.4, -0.2) is 24.3 Å². The van der Waals surface area contributed by atoms with E-state index in [1.54, 1.807) is 21.6 Å². The summed E-state index contributed by atoms with van der Waals surface area (Å²) in [5, 5.41) is 4.49. The van der Waals surface area contributed by atoms with Crippen molar-refractivity contribution in [3.05, 3.63) is 59.9 Å². The van der Waals surface area contributed by atoms with Gasteiger partial charge in [0, 0.05) is 18.8 Å². The number of halogens is 1. The molecule has 1 aliphatic rings. The Balaban J connectivity index is 1.80. The van der Waals surface area contributed by atoms with Crippen LogP contribution in [0.15, 0.2) is 42.7 Å². The number of rotatable bonds is 2. The average Bonchev–Trinajstić information content (AvgIpc) is 3.17. The number of hydrogen-bond donors (Lipinski definition) is 0. The van der Waals surface area contributed by atoms with Gasteiger partial charge in [0.25, 0.3) is 5.95 Å². The van der Waals surface area contributed by atoms with Gasteiger partial charge in [-0.2, -0.15) is 4.98 Å². The Morgan fingerprint density at radius 2 is 2.05 bits per heavy atom. The molecule has 1 aliphatic heterocycles. The minimum absolute atomic E-state index is 0.0960. The van der Waals surface area contributed by atoms with Gasteiger partial charge in [-0.1, -0.05) is 30.3 Å². The molecule has 0 amide bonds. The molecule has 3 heterocycles. The highest BCUT2D eigenvalue weighted by Crippen LogP contribution is 2.39. The highest BCUT2D eigenvalue weighted by Gasteiger charge is 2.35. The lowest BCUT2D eigenvalue weighted by molar-refractivity contribution is 0.328. The summed E-state index contributed by atoms with van der Waals surface area (Å²) in [5.74, 6) is 1.65. The largest absolute Gasteiger partial charge is 0.271 e. The molecule has 2 aromatic heterocycles. The first-order chi connectivity index (χ1) is 10.2. The summed E-state index contributed by atoms with van der Waals surface area (Å²) >= 11 is 0. The number of imidazole rings is 1. The number of aromatic nitrogens is 5. The first-order valence-electron chi connectivity index (χ1n) is 6.90. The van der Waals surface area contributed by atoms with Gasteiger partial charge in [0.15, 0.2) is 12.0 Å². The second kappa shape index (κ2) is 4.51. The van der Waals surface area contributed by atoms with E-state index in [9.17, 15) is 4.39 Å². The summed E-state index contributed by atoms with van der Waals surface area (Å²) in [6.07, 6.45) is 2.77. The van der Waals surface area contributed by atoms with Crippen LogP contribution < -0.4 is 0 Å². The predicted octanol–water partition coefficient (Wildman–Crippen LogP) is 2.78. The average molecular weight is 283 g/mol. The summed E-state index contributed by atoms with van der Waals surface area (Å²) in [7, 11) is 0. The maximum atomic E-state index is 14.3. The first-order valence-corrected chi connectivity index (χ1v) is 6.90. The van der Waals surface area contributed by atoms with Crippen LogP contribution >= 0.6 is 0 Å². The van der Waals surface area contributed by atoms with Gasteiger partial charge < -0.3 is 0 Å². The number of aryl methyl sites for hydroxylation is 1. The van der Waals surface area contributed by atoms with Crippen molar-refractivity contribution in [1.29, 1.82) is 0 Å². The van der Waals surface area contributed by atoms with Crippen LogP contribution in [0.2, 0.25) is 0 Å². The van der Waals surface area contributed by atoms with E-state index in [0.717, 1.165) is 11.4 Å². The van der Waals surface area contributed by atoms with Crippen LogP contribution in [0.1, 0.15) is 35.8 Å². The van der Waals surface area contributed by atoms with Gasteiger partial charge in [0.05, 0.1) is 6.04 Å². The molecule has 0 radical (unpaired) electrons. The minimum Gasteiger partial charge on any atom is -0.271 e. The predicted molar refractivity (Wildman–Crippen MR) is 74.9 cm³/mol. The van der Waals surface area contributed by atoms with Crippen molar-refractivity contribution in [3.8, 4) is 5.95 Å². The molecule has 0 saturated heterocycles. The van der Waals surface area contributed by atoms with Crippen LogP contribution in [0.4, 0.5) is 4.39 Å². The fraction of sp³-hybridized carbons (Fsp3) is 0.267. The monoisotopic (exact) mass is 283 g/mol. The molecule has 0 saturated carbocycles. The Morgan fingerprint density at radius 3 is 2.76 bits per heavy atom. The molecule has 1 aromatic carbocycles. The maximum absolute atomic E-state index is 14.3. The van der Waals surface area contributed by atoms with E-state index in [2.05, 4.69) is 15.1 Å². The normalized spacial score (nSPS) is 20.7. The summed E-state index contributed by atoms with van der Waals surface area (Å²) in [6, 6.07) is 9.76. The highest BCUT2D eigenvalue weighted by molar-refractivity contribution is 5.26. The molecule has 5 nitrogen and oxygen atoms in total. The molecule has 6 heteroatoms. The summed E-state index contributed by atoms with van der Waals surface area (Å²) in [6.45, 7) is 1.87. The van der Waals surface area contributed by atoms with Gasteiger partial charge >= 0.3 is 0 Å². The van der Waals surface area contributed by atoms with Gasteiger partial charge in [0.1, 0.15) is 5.82 Å². The van der Waals surface area contributed by atoms with E-state index in [1.807, 2.05) is 37.3 Å².